The van der Waals surface area contributed by atoms with Crippen LogP contribution in [0.25, 0.3) is 22.0 Å². The molecule has 0 aliphatic carbocycles. The Bertz CT molecular complexity index is 1250. The highest BCUT2D eigenvalue weighted by Gasteiger charge is 2.14. The molecule has 0 aliphatic heterocycles. The van der Waals surface area contributed by atoms with Gasteiger partial charge in [0.2, 0.25) is 5.91 Å². The van der Waals surface area contributed by atoms with E-state index in [2.05, 4.69) is 15.6 Å². The molecule has 0 spiro atoms. The van der Waals surface area contributed by atoms with Gasteiger partial charge in [-0.1, -0.05) is 23.4 Å². The minimum Gasteiger partial charge on any atom is -0.360 e. The number of amides is 1. The molecule has 0 unspecified atom stereocenters. The zero-order valence-corrected chi connectivity index (χ0v) is 15.6. The minimum atomic E-state index is -0.355. The lowest BCUT2D eigenvalue weighted by Crippen LogP contribution is -2.26. The van der Waals surface area contributed by atoms with Crippen LogP contribution in [0.3, 0.4) is 0 Å². The standard InChI is InChI=1S/C21H17FN4O3/c1-13-12-18(25-29-13)23-19(27)10-11-26-21(28)17-5-3-2-4-16(17)20(24-26)14-6-8-15(22)9-7-14/h2-9,12H,10-11H2,1H3,(H,23,25,27). The summed E-state index contributed by atoms with van der Waals surface area (Å²) in [5, 5.41) is 11.9. The average molecular weight is 392 g/mol. The van der Waals surface area contributed by atoms with Gasteiger partial charge in [-0.15, -0.1) is 0 Å². The Balaban J connectivity index is 1.65. The molecular weight excluding hydrogens is 375 g/mol. The van der Waals surface area contributed by atoms with Gasteiger partial charge in [0, 0.05) is 23.4 Å². The summed E-state index contributed by atoms with van der Waals surface area (Å²) in [6, 6.07) is 14.6. The number of nitrogens with zero attached hydrogens (tertiary/aromatic N) is 3. The van der Waals surface area contributed by atoms with Crippen molar-refractivity contribution < 1.29 is 13.7 Å². The summed E-state index contributed by atoms with van der Waals surface area (Å²) in [6.07, 6.45) is 0.0278. The number of anilines is 1. The van der Waals surface area contributed by atoms with Crippen LogP contribution in [0, 0.1) is 12.7 Å². The molecule has 4 aromatic rings. The Hall–Kier alpha value is -3.81. The monoisotopic (exact) mass is 392 g/mol. The van der Waals surface area contributed by atoms with E-state index >= 15 is 0 Å². The van der Waals surface area contributed by atoms with Gasteiger partial charge in [0.25, 0.3) is 5.56 Å². The van der Waals surface area contributed by atoms with E-state index in [-0.39, 0.29) is 30.2 Å². The maximum absolute atomic E-state index is 13.3. The molecule has 0 radical (unpaired) electrons. The van der Waals surface area contributed by atoms with Gasteiger partial charge < -0.3 is 9.84 Å². The zero-order chi connectivity index (χ0) is 20.4. The van der Waals surface area contributed by atoms with E-state index in [1.54, 1.807) is 43.3 Å². The van der Waals surface area contributed by atoms with Crippen molar-refractivity contribution in [3.05, 3.63) is 76.5 Å². The predicted molar refractivity (Wildman–Crippen MR) is 106 cm³/mol. The van der Waals surface area contributed by atoms with E-state index in [9.17, 15) is 14.0 Å². The smallest absolute Gasteiger partial charge is 0.274 e. The summed E-state index contributed by atoms with van der Waals surface area (Å²) >= 11 is 0. The fourth-order valence-electron chi connectivity index (χ4n) is 3.05. The SMILES string of the molecule is Cc1cc(NC(=O)CCn2nc(-c3ccc(F)cc3)c3ccccc3c2=O)no1. The number of nitrogens with one attached hydrogen (secondary N) is 1. The van der Waals surface area contributed by atoms with Crippen LogP contribution in [0.2, 0.25) is 0 Å². The molecule has 7 nitrogen and oxygen atoms in total. The van der Waals surface area contributed by atoms with Crippen LogP contribution in [-0.2, 0) is 11.3 Å². The van der Waals surface area contributed by atoms with Crippen LogP contribution in [0.1, 0.15) is 12.2 Å². The number of aromatic nitrogens is 3. The fourth-order valence-corrected chi connectivity index (χ4v) is 3.05. The van der Waals surface area contributed by atoms with Gasteiger partial charge in [0.05, 0.1) is 17.6 Å². The topological polar surface area (TPSA) is 90.0 Å². The Labute approximate surface area is 164 Å². The summed E-state index contributed by atoms with van der Waals surface area (Å²) in [4.78, 5) is 25.0. The Morgan fingerprint density at radius 2 is 1.86 bits per heavy atom. The third-order valence-electron chi connectivity index (χ3n) is 4.43. The second kappa shape index (κ2) is 7.67. The van der Waals surface area contributed by atoms with E-state index in [4.69, 9.17) is 4.52 Å². The van der Waals surface area contributed by atoms with Crippen LogP contribution < -0.4 is 10.9 Å². The summed E-state index contributed by atoms with van der Waals surface area (Å²) in [5.74, 6) is 0.226. The number of carbonyl (C=O) groups is 1. The molecule has 4 rings (SSSR count). The fraction of sp³-hybridized carbons (Fsp3) is 0.143. The van der Waals surface area contributed by atoms with Gasteiger partial charge in [0.1, 0.15) is 11.6 Å². The molecule has 2 aromatic carbocycles. The Morgan fingerprint density at radius 3 is 2.55 bits per heavy atom. The van der Waals surface area contributed by atoms with Crippen LogP contribution in [-0.4, -0.2) is 20.8 Å². The van der Waals surface area contributed by atoms with E-state index in [0.29, 0.717) is 33.6 Å². The molecule has 0 saturated heterocycles. The van der Waals surface area contributed by atoms with Crippen LogP contribution in [0.5, 0.6) is 0 Å². The van der Waals surface area contributed by atoms with Crippen LogP contribution in [0.15, 0.2) is 63.9 Å². The third-order valence-corrected chi connectivity index (χ3v) is 4.43. The normalized spacial score (nSPS) is 11.0. The van der Waals surface area contributed by atoms with Gasteiger partial charge >= 0.3 is 0 Å². The maximum atomic E-state index is 13.3. The largest absolute Gasteiger partial charge is 0.360 e. The highest BCUT2D eigenvalue weighted by atomic mass is 19.1. The lowest BCUT2D eigenvalue weighted by atomic mass is 10.1. The lowest BCUT2D eigenvalue weighted by Gasteiger charge is -2.11. The van der Waals surface area contributed by atoms with Crippen molar-refractivity contribution in [3.8, 4) is 11.3 Å². The number of hydrogen-bond acceptors (Lipinski definition) is 5. The molecular formula is C21H17FN4O3. The second-order valence-corrected chi connectivity index (χ2v) is 6.55. The lowest BCUT2D eigenvalue weighted by molar-refractivity contribution is -0.116. The van der Waals surface area contributed by atoms with Gasteiger partial charge in [-0.25, -0.2) is 9.07 Å². The van der Waals surface area contributed by atoms with E-state index in [1.807, 2.05) is 6.07 Å². The maximum Gasteiger partial charge on any atom is 0.274 e. The molecule has 0 fully saturated rings. The van der Waals surface area contributed by atoms with Crippen molar-refractivity contribution in [2.75, 3.05) is 5.32 Å². The Kier molecular flexibility index (Phi) is 4.90. The van der Waals surface area contributed by atoms with Crippen molar-refractivity contribution in [2.24, 2.45) is 0 Å². The molecule has 1 N–H and O–H groups in total. The first-order chi connectivity index (χ1) is 14.0. The molecule has 1 amide bonds. The van der Waals surface area contributed by atoms with Crippen molar-refractivity contribution in [3.63, 3.8) is 0 Å². The first-order valence-electron chi connectivity index (χ1n) is 9.00. The first kappa shape index (κ1) is 18.5. The van der Waals surface area contributed by atoms with E-state index < -0.39 is 0 Å². The third kappa shape index (κ3) is 3.91. The molecule has 0 bridgehead atoms. The van der Waals surface area contributed by atoms with Gasteiger partial charge in [-0.05, 0) is 37.3 Å². The quantitative estimate of drug-likeness (QED) is 0.561. The number of carbonyl (C=O) groups excluding carboxylic acids is 1. The van der Waals surface area contributed by atoms with Crippen LogP contribution >= 0.6 is 0 Å². The highest BCUT2D eigenvalue weighted by molar-refractivity contribution is 5.93. The van der Waals surface area contributed by atoms with E-state index in [0.717, 1.165) is 0 Å². The zero-order valence-electron chi connectivity index (χ0n) is 15.6. The highest BCUT2D eigenvalue weighted by Crippen LogP contribution is 2.24. The van der Waals surface area contributed by atoms with Crippen molar-refractivity contribution in [1.82, 2.24) is 14.9 Å². The summed E-state index contributed by atoms with van der Waals surface area (Å²) in [6.45, 7) is 1.80. The van der Waals surface area contributed by atoms with Gasteiger partial charge in [0.15, 0.2) is 5.82 Å². The summed E-state index contributed by atoms with van der Waals surface area (Å²) < 4.78 is 19.5. The number of aryl methyl sites for hydroxylation is 2. The number of hydrogen-bond donors (Lipinski definition) is 1. The van der Waals surface area contributed by atoms with Crippen molar-refractivity contribution in [1.29, 1.82) is 0 Å². The molecule has 2 heterocycles. The predicted octanol–water partition coefficient (Wildman–Crippen LogP) is 3.53. The number of halogens is 1. The molecule has 8 heteroatoms. The molecule has 2 aromatic heterocycles. The van der Waals surface area contributed by atoms with Crippen molar-refractivity contribution in [2.45, 2.75) is 19.9 Å². The molecule has 0 saturated carbocycles. The molecule has 29 heavy (non-hydrogen) atoms. The average Bonchev–Trinajstić information content (AvgIpc) is 3.13. The number of benzene rings is 2. The summed E-state index contributed by atoms with van der Waals surface area (Å²) in [7, 11) is 0. The van der Waals surface area contributed by atoms with Gasteiger partial charge in [-0.3, -0.25) is 9.59 Å². The Morgan fingerprint density at radius 1 is 1.14 bits per heavy atom. The van der Waals surface area contributed by atoms with Gasteiger partial charge in [-0.2, -0.15) is 5.10 Å². The van der Waals surface area contributed by atoms with E-state index in [1.165, 1.54) is 16.8 Å². The number of fused-ring (bicyclic) bond motifs is 1. The van der Waals surface area contributed by atoms with Crippen LogP contribution in [0.4, 0.5) is 10.2 Å². The number of rotatable bonds is 5. The van der Waals surface area contributed by atoms with Crippen molar-refractivity contribution >= 4 is 22.5 Å². The summed E-state index contributed by atoms with van der Waals surface area (Å²) in [5.41, 5.74) is 0.933. The molecule has 0 atom stereocenters. The molecule has 0 aliphatic rings. The molecule has 146 valence electrons. The minimum absolute atomic E-state index is 0.0278. The first-order valence-corrected chi connectivity index (χ1v) is 9.00. The second-order valence-electron chi connectivity index (χ2n) is 6.55.